The maximum absolute atomic E-state index is 12.4. The molecule has 1 fully saturated rings. The summed E-state index contributed by atoms with van der Waals surface area (Å²) < 4.78 is 11.0. The van der Waals surface area contributed by atoms with Gasteiger partial charge in [-0.3, -0.25) is 19.4 Å². The monoisotopic (exact) mass is 358 g/mol. The van der Waals surface area contributed by atoms with Crippen LogP contribution in [0.5, 0.6) is 11.5 Å². The molecule has 25 heavy (non-hydrogen) atoms. The lowest BCUT2D eigenvalue weighted by Gasteiger charge is -2.31. The molecule has 1 aromatic carbocycles. The number of thiocarbonyl (C=S) groups is 1. The Morgan fingerprint density at radius 1 is 1.16 bits per heavy atom. The topological polar surface area (TPSA) is 59.1 Å². The van der Waals surface area contributed by atoms with E-state index in [1.807, 2.05) is 6.92 Å². The molecule has 0 unspecified atom stereocenters. The Labute approximate surface area is 152 Å². The maximum atomic E-state index is 12.4. The summed E-state index contributed by atoms with van der Waals surface area (Å²) in [6.45, 7) is 2.39. The lowest BCUT2D eigenvalue weighted by molar-refractivity contribution is -0.132. The molecule has 0 atom stereocenters. The number of hydrogen-bond acceptors (Lipinski definition) is 5. The highest BCUT2D eigenvalue weighted by atomic mass is 32.1. The van der Waals surface area contributed by atoms with Crippen LogP contribution in [0, 0.1) is 12.3 Å². The second-order valence-corrected chi connectivity index (χ2v) is 5.57. The standard InChI is InChI=1S/C18H18N2O4S/c1-5-9-24-14-8-7-12(11-15(14)23-6-2)10-13-16(21)19(3)18(25)20(4)17(13)22/h1,7-8,10-11H,6,9H2,2-4H3. The van der Waals surface area contributed by atoms with Crippen LogP contribution in [-0.4, -0.2) is 54.0 Å². The van der Waals surface area contributed by atoms with Gasteiger partial charge in [0.25, 0.3) is 11.8 Å². The molecule has 0 bridgehead atoms. The summed E-state index contributed by atoms with van der Waals surface area (Å²) in [6, 6.07) is 5.09. The van der Waals surface area contributed by atoms with E-state index >= 15 is 0 Å². The number of benzene rings is 1. The van der Waals surface area contributed by atoms with Crippen molar-refractivity contribution < 1.29 is 19.1 Å². The summed E-state index contributed by atoms with van der Waals surface area (Å²) >= 11 is 5.07. The molecule has 1 heterocycles. The third kappa shape index (κ3) is 3.80. The Morgan fingerprint density at radius 2 is 1.80 bits per heavy atom. The fourth-order valence-corrected chi connectivity index (χ4v) is 2.43. The van der Waals surface area contributed by atoms with Crippen LogP contribution >= 0.6 is 12.2 Å². The first-order valence-corrected chi connectivity index (χ1v) is 7.96. The predicted molar refractivity (Wildman–Crippen MR) is 98.1 cm³/mol. The summed E-state index contributed by atoms with van der Waals surface area (Å²) in [7, 11) is 3.06. The molecule has 2 rings (SSSR count). The van der Waals surface area contributed by atoms with Gasteiger partial charge in [-0.2, -0.15) is 0 Å². The zero-order valence-corrected chi connectivity index (χ0v) is 15.1. The van der Waals surface area contributed by atoms with E-state index in [0.717, 1.165) is 0 Å². The summed E-state index contributed by atoms with van der Waals surface area (Å²) in [4.78, 5) is 27.2. The summed E-state index contributed by atoms with van der Waals surface area (Å²) in [5, 5.41) is 0.167. The first-order chi connectivity index (χ1) is 11.9. The number of likely N-dealkylation sites (N-methyl/N-ethyl adjacent to an activating group) is 2. The number of nitrogens with zero attached hydrogens (tertiary/aromatic N) is 2. The molecule has 0 aliphatic carbocycles. The van der Waals surface area contributed by atoms with Crippen LogP contribution in [0.15, 0.2) is 23.8 Å². The highest BCUT2D eigenvalue weighted by molar-refractivity contribution is 7.80. The first kappa shape index (κ1) is 18.5. The van der Waals surface area contributed by atoms with Gasteiger partial charge in [0.1, 0.15) is 12.2 Å². The minimum atomic E-state index is -0.446. The van der Waals surface area contributed by atoms with Crippen LogP contribution in [0.2, 0.25) is 0 Å². The number of rotatable bonds is 5. The molecule has 130 valence electrons. The average molecular weight is 358 g/mol. The van der Waals surface area contributed by atoms with Crippen molar-refractivity contribution in [3.63, 3.8) is 0 Å². The number of carbonyl (C=O) groups is 2. The van der Waals surface area contributed by atoms with Gasteiger partial charge >= 0.3 is 0 Å². The Hall–Kier alpha value is -2.85. The van der Waals surface area contributed by atoms with Gasteiger partial charge in [0.2, 0.25) is 0 Å². The first-order valence-electron chi connectivity index (χ1n) is 7.55. The van der Waals surface area contributed by atoms with Crippen LogP contribution in [0.4, 0.5) is 0 Å². The van der Waals surface area contributed by atoms with Crippen molar-refractivity contribution in [1.29, 1.82) is 0 Å². The number of carbonyl (C=O) groups excluding carboxylic acids is 2. The molecule has 7 heteroatoms. The van der Waals surface area contributed by atoms with Crippen molar-refractivity contribution in [2.45, 2.75) is 6.92 Å². The quantitative estimate of drug-likeness (QED) is 0.347. The van der Waals surface area contributed by atoms with Crippen molar-refractivity contribution in [3.05, 3.63) is 29.3 Å². The summed E-state index contributed by atoms with van der Waals surface area (Å²) in [6.07, 6.45) is 6.71. The Balaban J connectivity index is 2.40. The number of terminal acetylenes is 1. The van der Waals surface area contributed by atoms with Gasteiger partial charge in [-0.05, 0) is 42.9 Å². The third-order valence-electron chi connectivity index (χ3n) is 3.53. The van der Waals surface area contributed by atoms with Crippen LogP contribution in [0.3, 0.4) is 0 Å². The summed E-state index contributed by atoms with van der Waals surface area (Å²) in [5.41, 5.74) is 0.654. The van der Waals surface area contributed by atoms with Gasteiger partial charge < -0.3 is 9.47 Å². The predicted octanol–water partition coefficient (Wildman–Crippen LogP) is 1.70. The smallest absolute Gasteiger partial charge is 0.265 e. The van der Waals surface area contributed by atoms with Gasteiger partial charge in [-0.1, -0.05) is 12.0 Å². The molecule has 0 spiro atoms. The SMILES string of the molecule is C#CCOc1ccc(C=C2C(=O)N(C)C(=S)N(C)C2=O)cc1OCC. The lowest BCUT2D eigenvalue weighted by Crippen LogP contribution is -2.52. The zero-order valence-electron chi connectivity index (χ0n) is 14.2. The number of hydrogen-bond donors (Lipinski definition) is 0. The highest BCUT2D eigenvalue weighted by Gasteiger charge is 2.35. The molecule has 1 saturated heterocycles. The molecule has 1 aliphatic heterocycles. The van der Waals surface area contributed by atoms with E-state index in [0.29, 0.717) is 23.7 Å². The second kappa shape index (κ2) is 7.81. The van der Waals surface area contributed by atoms with Gasteiger partial charge in [0.15, 0.2) is 16.6 Å². The van der Waals surface area contributed by atoms with Crippen LogP contribution in [0.25, 0.3) is 6.08 Å². The Morgan fingerprint density at radius 3 is 2.36 bits per heavy atom. The highest BCUT2D eigenvalue weighted by Crippen LogP contribution is 2.30. The Bertz CT molecular complexity index is 769. The van der Waals surface area contributed by atoms with Crippen LogP contribution in [-0.2, 0) is 9.59 Å². The molecule has 0 radical (unpaired) electrons. The zero-order chi connectivity index (χ0) is 18.6. The van der Waals surface area contributed by atoms with Gasteiger partial charge in [0.05, 0.1) is 6.61 Å². The van der Waals surface area contributed by atoms with E-state index in [2.05, 4.69) is 5.92 Å². The molecular formula is C18H18N2O4S. The van der Waals surface area contributed by atoms with Crippen molar-refractivity contribution in [2.24, 2.45) is 0 Å². The van der Waals surface area contributed by atoms with E-state index in [1.54, 1.807) is 18.2 Å². The second-order valence-electron chi connectivity index (χ2n) is 5.20. The normalized spacial score (nSPS) is 14.5. The summed E-state index contributed by atoms with van der Waals surface area (Å²) in [5.74, 6) is 2.48. The van der Waals surface area contributed by atoms with Gasteiger partial charge in [0, 0.05) is 14.1 Å². The third-order valence-corrected chi connectivity index (χ3v) is 4.08. The van der Waals surface area contributed by atoms with E-state index in [4.69, 9.17) is 28.1 Å². The fraction of sp³-hybridized carbons (Fsp3) is 0.278. The number of ether oxygens (including phenoxy) is 2. The lowest BCUT2D eigenvalue weighted by atomic mass is 10.1. The molecule has 1 aromatic rings. The number of amides is 2. The average Bonchev–Trinajstić information content (AvgIpc) is 2.61. The molecule has 0 aromatic heterocycles. The van der Waals surface area contributed by atoms with Crippen molar-refractivity contribution in [3.8, 4) is 23.8 Å². The van der Waals surface area contributed by atoms with Gasteiger partial charge in [-0.25, -0.2) is 0 Å². The van der Waals surface area contributed by atoms with Crippen LogP contribution in [0.1, 0.15) is 12.5 Å². The molecular weight excluding hydrogens is 340 g/mol. The van der Waals surface area contributed by atoms with Crippen molar-refractivity contribution in [1.82, 2.24) is 9.80 Å². The molecule has 0 N–H and O–H groups in total. The minimum Gasteiger partial charge on any atom is -0.490 e. The molecule has 6 nitrogen and oxygen atoms in total. The van der Waals surface area contributed by atoms with E-state index in [-0.39, 0.29) is 17.3 Å². The van der Waals surface area contributed by atoms with Crippen molar-refractivity contribution in [2.75, 3.05) is 27.3 Å². The van der Waals surface area contributed by atoms with Crippen molar-refractivity contribution >= 4 is 35.2 Å². The fourth-order valence-electron chi connectivity index (χ4n) is 2.26. The molecule has 1 aliphatic rings. The minimum absolute atomic E-state index is 0.0262. The maximum Gasteiger partial charge on any atom is 0.265 e. The molecule has 0 saturated carbocycles. The van der Waals surface area contributed by atoms with Crippen LogP contribution < -0.4 is 9.47 Å². The van der Waals surface area contributed by atoms with E-state index in [1.165, 1.54) is 30.0 Å². The molecule has 2 amide bonds. The van der Waals surface area contributed by atoms with Gasteiger partial charge in [-0.15, -0.1) is 6.42 Å². The van der Waals surface area contributed by atoms with E-state index < -0.39 is 11.8 Å². The van der Waals surface area contributed by atoms with E-state index in [9.17, 15) is 9.59 Å². The Kier molecular flexibility index (Phi) is 5.78. The largest absolute Gasteiger partial charge is 0.490 e.